The van der Waals surface area contributed by atoms with Gasteiger partial charge in [0.25, 0.3) is 0 Å². The van der Waals surface area contributed by atoms with Crippen LogP contribution in [0.25, 0.3) is 0 Å². The number of aromatic carboxylic acids is 1. The highest BCUT2D eigenvalue weighted by molar-refractivity contribution is 7.89. The first-order valence-electron chi connectivity index (χ1n) is 15.1. The zero-order valence-electron chi connectivity index (χ0n) is 25.3. The number of sulfonamides is 1. The molecule has 0 spiro atoms. The number of primary sulfonamides is 1. The number of allylic oxidation sites excluding steroid dienone is 1. The Hall–Kier alpha value is -2.59. The molecule has 0 radical (unpaired) electrons. The van der Waals surface area contributed by atoms with Crippen molar-refractivity contribution in [1.82, 2.24) is 0 Å². The van der Waals surface area contributed by atoms with Crippen LogP contribution in [-0.4, -0.2) is 56.7 Å². The van der Waals surface area contributed by atoms with Crippen molar-refractivity contribution >= 4 is 33.3 Å². The Labute approximate surface area is 260 Å². The fourth-order valence-electron chi connectivity index (χ4n) is 6.57. The van der Waals surface area contributed by atoms with E-state index in [4.69, 9.17) is 21.5 Å². The van der Waals surface area contributed by atoms with Crippen LogP contribution in [0, 0.1) is 17.8 Å². The third kappa shape index (κ3) is 8.53. The van der Waals surface area contributed by atoms with E-state index in [1.165, 1.54) is 11.1 Å². The molecular weight excluding hydrogens is 588 g/mol. The molecule has 0 saturated heterocycles. The van der Waals surface area contributed by atoms with Crippen molar-refractivity contribution in [3.63, 3.8) is 0 Å². The van der Waals surface area contributed by atoms with E-state index in [2.05, 4.69) is 13.0 Å². The van der Waals surface area contributed by atoms with E-state index < -0.39 is 22.1 Å². The van der Waals surface area contributed by atoms with Crippen LogP contribution in [0.2, 0.25) is 5.02 Å². The quantitative estimate of drug-likeness (QED) is 0.225. The van der Waals surface area contributed by atoms with Crippen molar-refractivity contribution < 1.29 is 28.2 Å². The standard InChI is InChI=1S/C33H45ClN2O6S/c1-4-22(20-43(35,40)41)7-5-9-30(37)27-13-10-25(27)19-36(3)29-18-24(32(38)39)11-15-31(29)42-21-33(2)16-6-8-23-17-26(34)12-14-28(23)33/h5,9,11-12,14-15,17-18,22,25,27,30,37H,4,6-8,10,13,16,19-21H2,1-3H3,(H,38,39)(H2,35,40,41)/b9-5+/t22?,25-,27+,30-,33+/m0/s1. The summed E-state index contributed by atoms with van der Waals surface area (Å²) in [5.74, 6) is -0.240. The van der Waals surface area contributed by atoms with Crippen molar-refractivity contribution in [1.29, 1.82) is 0 Å². The number of carboxylic acid groups (broad SMARTS) is 1. The molecule has 1 fully saturated rings. The van der Waals surface area contributed by atoms with Gasteiger partial charge in [0.1, 0.15) is 5.75 Å². The number of carbonyl (C=O) groups is 1. The van der Waals surface area contributed by atoms with Crippen LogP contribution >= 0.6 is 11.6 Å². The lowest BCUT2D eigenvalue weighted by atomic mass is 9.70. The predicted molar refractivity (Wildman–Crippen MR) is 172 cm³/mol. The number of ether oxygens (including phenoxy) is 1. The largest absolute Gasteiger partial charge is 0.490 e. The van der Waals surface area contributed by atoms with Crippen LogP contribution in [0.5, 0.6) is 5.75 Å². The molecule has 236 valence electrons. The molecule has 2 aromatic rings. The molecule has 4 rings (SSSR count). The number of nitrogens with two attached hydrogens (primary N) is 1. The van der Waals surface area contributed by atoms with E-state index >= 15 is 0 Å². The van der Waals surface area contributed by atoms with Gasteiger partial charge < -0.3 is 19.8 Å². The van der Waals surface area contributed by atoms with E-state index in [0.29, 0.717) is 37.4 Å². The van der Waals surface area contributed by atoms with Crippen LogP contribution in [0.15, 0.2) is 48.6 Å². The van der Waals surface area contributed by atoms with Gasteiger partial charge in [0.05, 0.1) is 29.7 Å². The number of halogens is 1. The van der Waals surface area contributed by atoms with Crippen LogP contribution in [0.4, 0.5) is 5.69 Å². The Morgan fingerprint density at radius 3 is 2.67 bits per heavy atom. The minimum atomic E-state index is -3.54. The van der Waals surface area contributed by atoms with Gasteiger partial charge in [-0.15, -0.1) is 0 Å². The van der Waals surface area contributed by atoms with Gasteiger partial charge in [-0.2, -0.15) is 0 Å². The monoisotopic (exact) mass is 632 g/mol. The zero-order valence-corrected chi connectivity index (χ0v) is 26.9. The molecule has 0 aliphatic heterocycles. The molecule has 0 heterocycles. The summed E-state index contributed by atoms with van der Waals surface area (Å²) in [7, 11) is -1.60. The minimum absolute atomic E-state index is 0.0634. The van der Waals surface area contributed by atoms with E-state index in [-0.39, 0.29) is 34.5 Å². The van der Waals surface area contributed by atoms with Gasteiger partial charge in [-0.3, -0.25) is 0 Å². The molecule has 2 aliphatic rings. The van der Waals surface area contributed by atoms with Crippen molar-refractivity contribution in [2.75, 3.05) is 30.9 Å². The summed E-state index contributed by atoms with van der Waals surface area (Å²) in [4.78, 5) is 13.9. The maximum atomic E-state index is 11.8. The topological polar surface area (TPSA) is 130 Å². The van der Waals surface area contributed by atoms with Gasteiger partial charge in [-0.25, -0.2) is 18.4 Å². The summed E-state index contributed by atoms with van der Waals surface area (Å²) < 4.78 is 29.4. The van der Waals surface area contributed by atoms with E-state index in [1.54, 1.807) is 24.3 Å². The van der Waals surface area contributed by atoms with Gasteiger partial charge in [0.15, 0.2) is 0 Å². The average Bonchev–Trinajstić information content (AvgIpc) is 2.92. The lowest BCUT2D eigenvalue weighted by Gasteiger charge is -2.42. The number of benzene rings is 2. The number of anilines is 1. The molecule has 2 aromatic carbocycles. The summed E-state index contributed by atoms with van der Waals surface area (Å²) in [5.41, 5.74) is 3.20. The molecule has 5 atom stereocenters. The van der Waals surface area contributed by atoms with Crippen molar-refractivity contribution in [3.8, 4) is 5.75 Å². The highest BCUT2D eigenvalue weighted by Crippen LogP contribution is 2.42. The van der Waals surface area contributed by atoms with E-state index in [9.17, 15) is 23.4 Å². The fourth-order valence-corrected chi connectivity index (χ4v) is 7.80. The highest BCUT2D eigenvalue weighted by atomic mass is 35.5. The number of fused-ring (bicyclic) bond motifs is 1. The Balaban J connectivity index is 1.44. The number of carboxylic acids is 1. The molecule has 0 bridgehead atoms. The Bertz CT molecular complexity index is 1430. The minimum Gasteiger partial charge on any atom is -0.490 e. The van der Waals surface area contributed by atoms with Crippen LogP contribution in [-0.2, 0) is 21.9 Å². The third-order valence-corrected chi connectivity index (χ3v) is 10.5. The number of nitrogens with zero attached hydrogens (tertiary/aromatic N) is 1. The summed E-state index contributed by atoms with van der Waals surface area (Å²) in [5, 5.41) is 26.5. The number of aliphatic hydroxyl groups excluding tert-OH is 1. The normalized spacial score (nSPS) is 23.3. The third-order valence-electron chi connectivity index (χ3n) is 9.33. The van der Waals surface area contributed by atoms with Crippen molar-refractivity contribution in [2.45, 2.75) is 70.3 Å². The maximum Gasteiger partial charge on any atom is 0.335 e. The molecule has 2 aliphatic carbocycles. The first-order chi connectivity index (χ1) is 20.3. The smallest absolute Gasteiger partial charge is 0.335 e. The number of aliphatic hydroxyl groups is 1. The Morgan fingerprint density at radius 2 is 2.02 bits per heavy atom. The zero-order chi connectivity index (χ0) is 31.4. The molecule has 0 amide bonds. The number of hydrogen-bond acceptors (Lipinski definition) is 6. The molecule has 8 nitrogen and oxygen atoms in total. The summed E-state index contributed by atoms with van der Waals surface area (Å²) >= 11 is 6.26. The first kappa shape index (κ1) is 33.3. The second kappa shape index (κ2) is 14.0. The van der Waals surface area contributed by atoms with Gasteiger partial charge in [0.2, 0.25) is 10.0 Å². The molecule has 0 aromatic heterocycles. The van der Waals surface area contributed by atoms with Gasteiger partial charge in [-0.05, 0) is 97.7 Å². The van der Waals surface area contributed by atoms with Gasteiger partial charge in [-0.1, -0.05) is 50.1 Å². The summed E-state index contributed by atoms with van der Waals surface area (Å²) in [6.45, 7) is 5.23. The Kier molecular flexibility index (Phi) is 10.9. The van der Waals surface area contributed by atoms with Gasteiger partial charge in [0, 0.05) is 24.0 Å². The van der Waals surface area contributed by atoms with Crippen molar-refractivity contribution in [2.24, 2.45) is 22.9 Å². The number of rotatable bonds is 14. The molecule has 43 heavy (non-hydrogen) atoms. The van der Waals surface area contributed by atoms with Crippen LogP contribution in [0.3, 0.4) is 0 Å². The molecule has 10 heteroatoms. The second-order valence-corrected chi connectivity index (χ2v) is 14.7. The maximum absolute atomic E-state index is 11.8. The van der Waals surface area contributed by atoms with Crippen molar-refractivity contribution in [3.05, 3.63) is 70.3 Å². The predicted octanol–water partition coefficient (Wildman–Crippen LogP) is 5.80. The lowest BCUT2D eigenvalue weighted by molar-refractivity contribution is 0.0466. The molecule has 1 unspecified atom stereocenters. The molecule has 4 N–H and O–H groups in total. The molecule has 1 saturated carbocycles. The SMILES string of the molecule is CCC(C/C=C/[C@H](O)[C@@H]1CC[C@H]1CN(C)c1cc(C(=O)O)ccc1OC[C@@]1(C)CCCc2cc(Cl)ccc21)CS(N)(=O)=O. The molecular formula is C33H45ClN2O6S. The first-order valence-corrected chi connectivity index (χ1v) is 17.2. The summed E-state index contributed by atoms with van der Waals surface area (Å²) in [6, 6.07) is 11.0. The second-order valence-electron chi connectivity index (χ2n) is 12.6. The summed E-state index contributed by atoms with van der Waals surface area (Å²) in [6.07, 6.45) is 9.09. The average molecular weight is 633 g/mol. The number of aryl methyl sites for hydroxylation is 1. The van der Waals surface area contributed by atoms with Gasteiger partial charge >= 0.3 is 5.97 Å². The fraction of sp³-hybridized carbons (Fsp3) is 0.545. The number of hydrogen-bond donors (Lipinski definition) is 3. The lowest BCUT2D eigenvalue weighted by Crippen LogP contribution is -2.42. The Morgan fingerprint density at radius 1 is 1.26 bits per heavy atom. The highest BCUT2D eigenvalue weighted by Gasteiger charge is 2.37. The van der Waals surface area contributed by atoms with E-state index in [0.717, 1.165) is 37.1 Å². The van der Waals surface area contributed by atoms with E-state index in [1.807, 2.05) is 37.1 Å². The van der Waals surface area contributed by atoms with Crippen LogP contribution < -0.4 is 14.8 Å². The van der Waals surface area contributed by atoms with Crippen LogP contribution in [0.1, 0.15) is 73.9 Å².